The third kappa shape index (κ3) is 5.17. The first-order chi connectivity index (χ1) is 30.8. The zero-order valence-electron chi connectivity index (χ0n) is 33.3. The minimum Gasteiger partial charge on any atom is -0.309 e. The molecular formula is C56H34N6. The van der Waals surface area contributed by atoms with Gasteiger partial charge in [-0.25, -0.2) is 9.97 Å². The summed E-state index contributed by atoms with van der Waals surface area (Å²) in [5, 5.41) is 8.23. The first kappa shape index (κ1) is 34.4. The monoisotopic (exact) mass is 790 g/mol. The van der Waals surface area contributed by atoms with Crippen molar-refractivity contribution in [3.63, 3.8) is 0 Å². The maximum Gasteiger partial charge on any atom is 0.238 e. The lowest BCUT2D eigenvalue weighted by molar-refractivity contribution is 1.02. The fourth-order valence-corrected chi connectivity index (χ4v) is 9.60. The van der Waals surface area contributed by atoms with Crippen LogP contribution >= 0.6 is 0 Å². The number of nitrogens with zero attached hydrogens (tertiary/aromatic N) is 6. The normalized spacial score (nSPS) is 12.2. The van der Waals surface area contributed by atoms with Gasteiger partial charge in [-0.15, -0.1) is 0 Å². The van der Waals surface area contributed by atoms with Crippen molar-refractivity contribution in [2.24, 2.45) is 0 Å². The predicted molar refractivity (Wildman–Crippen MR) is 254 cm³/mol. The Kier molecular flexibility index (Phi) is 7.50. The van der Waals surface area contributed by atoms with Crippen LogP contribution in [0.1, 0.15) is 0 Å². The molecule has 0 saturated heterocycles. The second kappa shape index (κ2) is 13.5. The number of rotatable bonds is 5. The molecule has 0 spiro atoms. The summed E-state index contributed by atoms with van der Waals surface area (Å²) in [5.74, 6) is 1.75. The lowest BCUT2D eigenvalue weighted by atomic mass is 9.88. The first-order valence-electron chi connectivity index (χ1n) is 20.9. The number of fused-ring (bicyclic) bond motifs is 9. The van der Waals surface area contributed by atoms with E-state index < -0.39 is 0 Å². The number of anilines is 3. The summed E-state index contributed by atoms with van der Waals surface area (Å²) in [7, 11) is 0. The molecule has 0 amide bonds. The Morgan fingerprint density at radius 2 is 1.00 bits per heavy atom. The van der Waals surface area contributed by atoms with Gasteiger partial charge in [-0.05, 0) is 58.3 Å². The van der Waals surface area contributed by atoms with Gasteiger partial charge in [0.15, 0.2) is 11.6 Å². The second-order valence-corrected chi connectivity index (χ2v) is 15.8. The molecule has 0 aliphatic carbocycles. The van der Waals surface area contributed by atoms with Crippen LogP contribution < -0.4 is 4.90 Å². The van der Waals surface area contributed by atoms with E-state index in [1.54, 1.807) is 0 Å². The average molecular weight is 791 g/mol. The molecule has 6 nitrogen and oxygen atoms in total. The van der Waals surface area contributed by atoms with Gasteiger partial charge >= 0.3 is 0 Å². The molecule has 3 aromatic heterocycles. The van der Waals surface area contributed by atoms with Crippen molar-refractivity contribution in [3.05, 3.63) is 206 Å². The van der Waals surface area contributed by atoms with E-state index in [1.807, 2.05) is 60.7 Å². The summed E-state index contributed by atoms with van der Waals surface area (Å²) in [6.45, 7) is 0. The molecule has 6 heteroatoms. The van der Waals surface area contributed by atoms with Crippen molar-refractivity contribution >= 4 is 71.6 Å². The molecular weight excluding hydrogens is 757 g/mol. The highest BCUT2D eigenvalue weighted by Crippen LogP contribution is 2.53. The number of pyridine rings is 1. The van der Waals surface area contributed by atoms with Crippen LogP contribution in [-0.4, -0.2) is 24.5 Å². The predicted octanol–water partition coefficient (Wildman–Crippen LogP) is 14.3. The molecule has 4 heterocycles. The molecule has 0 N–H and O–H groups in total. The van der Waals surface area contributed by atoms with Gasteiger partial charge in [0.05, 0.1) is 33.6 Å². The van der Waals surface area contributed by atoms with Gasteiger partial charge in [-0.1, -0.05) is 170 Å². The molecule has 62 heavy (non-hydrogen) atoms. The molecule has 288 valence electrons. The molecule has 13 rings (SSSR count). The van der Waals surface area contributed by atoms with Crippen LogP contribution in [-0.2, 0) is 0 Å². The van der Waals surface area contributed by atoms with E-state index in [-0.39, 0.29) is 0 Å². The smallest absolute Gasteiger partial charge is 0.238 e. The maximum absolute atomic E-state index is 5.49. The van der Waals surface area contributed by atoms with Crippen LogP contribution in [0.5, 0.6) is 0 Å². The highest BCUT2D eigenvalue weighted by molar-refractivity contribution is 6.22. The Hall–Kier alpha value is -8.48. The molecule has 1 aliphatic rings. The quantitative estimate of drug-likeness (QED) is 0.163. The highest BCUT2D eigenvalue weighted by Gasteiger charge is 2.32. The molecule has 12 aromatic rings. The van der Waals surface area contributed by atoms with E-state index in [4.69, 9.17) is 19.9 Å². The standard InChI is InChI=1S/C56H34N6/c1-3-16-37(17-4-1)54-58-55(38-18-5-2-6-19-38)60-56(59-54)62-48-27-13-23-40(50(48)52-51-44(24-14-28-49(51)62)42-21-9-11-25-46(42)57-52)36-29-32-39(33-30-36)61-47-26-12-10-22-43(47)45-34-31-35-15-7-8-20-41(35)53(45)61/h1-34H. The summed E-state index contributed by atoms with van der Waals surface area (Å²) < 4.78 is 2.42. The molecule has 0 atom stereocenters. The molecule has 0 saturated carbocycles. The van der Waals surface area contributed by atoms with Crippen LogP contribution in [0.2, 0.25) is 0 Å². The summed E-state index contributed by atoms with van der Waals surface area (Å²) in [6, 6.07) is 72.6. The van der Waals surface area contributed by atoms with Crippen LogP contribution in [0.15, 0.2) is 206 Å². The largest absolute Gasteiger partial charge is 0.309 e. The van der Waals surface area contributed by atoms with E-state index >= 15 is 0 Å². The summed E-state index contributed by atoms with van der Waals surface area (Å²) in [5.41, 5.74) is 12.3. The van der Waals surface area contributed by atoms with Gasteiger partial charge in [-0.2, -0.15) is 9.97 Å². The Labute approximate surface area is 356 Å². The Morgan fingerprint density at radius 3 is 1.77 bits per heavy atom. The summed E-state index contributed by atoms with van der Waals surface area (Å²) >= 11 is 0. The van der Waals surface area contributed by atoms with Gasteiger partial charge in [0.2, 0.25) is 5.95 Å². The maximum atomic E-state index is 5.49. The van der Waals surface area contributed by atoms with Crippen molar-refractivity contribution in [1.29, 1.82) is 0 Å². The van der Waals surface area contributed by atoms with Crippen molar-refractivity contribution in [3.8, 4) is 50.8 Å². The first-order valence-corrected chi connectivity index (χ1v) is 20.9. The fourth-order valence-electron chi connectivity index (χ4n) is 9.60. The zero-order valence-corrected chi connectivity index (χ0v) is 33.3. The van der Waals surface area contributed by atoms with Crippen LogP contribution in [0.4, 0.5) is 17.3 Å². The van der Waals surface area contributed by atoms with Crippen molar-refractivity contribution in [1.82, 2.24) is 24.5 Å². The summed E-state index contributed by atoms with van der Waals surface area (Å²) in [6.07, 6.45) is 0. The molecule has 9 aromatic carbocycles. The molecule has 0 fully saturated rings. The zero-order chi connectivity index (χ0) is 40.7. The fraction of sp³-hybridized carbons (Fsp3) is 0. The highest BCUT2D eigenvalue weighted by atomic mass is 15.3. The van der Waals surface area contributed by atoms with Crippen molar-refractivity contribution in [2.75, 3.05) is 4.90 Å². The van der Waals surface area contributed by atoms with Gasteiger partial charge in [0.25, 0.3) is 0 Å². The number of para-hydroxylation sites is 2. The second-order valence-electron chi connectivity index (χ2n) is 15.8. The van der Waals surface area contributed by atoms with Gasteiger partial charge in [-0.3, -0.25) is 4.90 Å². The number of aromatic nitrogens is 5. The molecule has 0 radical (unpaired) electrons. The van der Waals surface area contributed by atoms with Crippen LogP contribution in [0.3, 0.4) is 0 Å². The topological polar surface area (TPSA) is 59.7 Å². The van der Waals surface area contributed by atoms with E-state index in [1.165, 1.54) is 32.6 Å². The molecule has 0 bridgehead atoms. The third-order valence-corrected chi connectivity index (χ3v) is 12.4. The average Bonchev–Trinajstić information content (AvgIpc) is 3.69. The molecule has 0 unspecified atom stereocenters. The Morgan fingerprint density at radius 1 is 0.371 bits per heavy atom. The lowest BCUT2D eigenvalue weighted by Gasteiger charge is -2.33. The Bertz CT molecular complexity index is 3690. The summed E-state index contributed by atoms with van der Waals surface area (Å²) in [4.78, 5) is 23.3. The number of hydrogen-bond donors (Lipinski definition) is 0. The number of hydrogen-bond acceptors (Lipinski definition) is 5. The van der Waals surface area contributed by atoms with E-state index in [0.717, 1.165) is 72.2 Å². The van der Waals surface area contributed by atoms with Crippen molar-refractivity contribution < 1.29 is 0 Å². The SMILES string of the molecule is c1ccc(-c2nc(-c3ccccc3)nc(N3c4cccc(-c5ccc(-n6c7ccccc7c7ccc8ccccc8c76)cc5)c4-c4nc5ccccc5c5cccc3c45)n2)cc1. The Balaban J connectivity index is 1.06. The van der Waals surface area contributed by atoms with Gasteiger partial charge in [0, 0.05) is 49.3 Å². The minimum atomic E-state index is 0.538. The van der Waals surface area contributed by atoms with E-state index in [0.29, 0.717) is 17.6 Å². The third-order valence-electron chi connectivity index (χ3n) is 12.4. The van der Waals surface area contributed by atoms with Gasteiger partial charge in [0.1, 0.15) is 0 Å². The lowest BCUT2D eigenvalue weighted by Crippen LogP contribution is -2.19. The minimum absolute atomic E-state index is 0.538. The van der Waals surface area contributed by atoms with E-state index in [2.05, 4.69) is 155 Å². The molecule has 1 aliphatic heterocycles. The van der Waals surface area contributed by atoms with Gasteiger partial charge < -0.3 is 4.57 Å². The van der Waals surface area contributed by atoms with Crippen LogP contribution in [0, 0.1) is 0 Å². The van der Waals surface area contributed by atoms with E-state index in [9.17, 15) is 0 Å². The van der Waals surface area contributed by atoms with Crippen molar-refractivity contribution in [2.45, 2.75) is 0 Å². The number of benzene rings is 9. The van der Waals surface area contributed by atoms with Crippen LogP contribution in [0.25, 0.3) is 105 Å².